The van der Waals surface area contributed by atoms with Crippen LogP contribution in [0.5, 0.6) is 0 Å². The molecule has 0 amide bonds. The SMILES string of the molecule is CCCCC(CC)CN[C@@H](C)c1cccc(C)c1. The quantitative estimate of drug-likeness (QED) is 0.691. The summed E-state index contributed by atoms with van der Waals surface area (Å²) in [5, 5.41) is 3.69. The van der Waals surface area contributed by atoms with Crippen LogP contribution in [0.1, 0.15) is 63.6 Å². The lowest BCUT2D eigenvalue weighted by Crippen LogP contribution is -2.25. The van der Waals surface area contributed by atoms with Crippen molar-refractivity contribution in [3.05, 3.63) is 35.4 Å². The molecule has 0 aromatic heterocycles. The van der Waals surface area contributed by atoms with Crippen LogP contribution in [0.25, 0.3) is 0 Å². The monoisotopic (exact) mass is 247 g/mol. The maximum absolute atomic E-state index is 3.69. The smallest absolute Gasteiger partial charge is 0.0292 e. The van der Waals surface area contributed by atoms with E-state index in [-0.39, 0.29) is 0 Å². The van der Waals surface area contributed by atoms with Crippen LogP contribution in [0.2, 0.25) is 0 Å². The zero-order chi connectivity index (χ0) is 13.4. The van der Waals surface area contributed by atoms with E-state index in [4.69, 9.17) is 0 Å². The van der Waals surface area contributed by atoms with E-state index in [0.717, 1.165) is 12.5 Å². The molecule has 0 bridgehead atoms. The van der Waals surface area contributed by atoms with Crippen LogP contribution in [-0.4, -0.2) is 6.54 Å². The zero-order valence-electron chi connectivity index (χ0n) is 12.5. The minimum absolute atomic E-state index is 0.459. The highest BCUT2D eigenvalue weighted by molar-refractivity contribution is 5.24. The van der Waals surface area contributed by atoms with Crippen LogP contribution in [0.4, 0.5) is 0 Å². The predicted molar refractivity (Wildman–Crippen MR) is 80.9 cm³/mol. The van der Waals surface area contributed by atoms with E-state index in [0.29, 0.717) is 6.04 Å². The highest BCUT2D eigenvalue weighted by Crippen LogP contribution is 2.16. The van der Waals surface area contributed by atoms with Crippen LogP contribution in [0.15, 0.2) is 24.3 Å². The largest absolute Gasteiger partial charge is 0.310 e. The van der Waals surface area contributed by atoms with Crippen molar-refractivity contribution < 1.29 is 0 Å². The Hall–Kier alpha value is -0.820. The molecule has 18 heavy (non-hydrogen) atoms. The number of rotatable bonds is 8. The van der Waals surface area contributed by atoms with Gasteiger partial charge in [0, 0.05) is 6.04 Å². The average molecular weight is 247 g/mol. The van der Waals surface area contributed by atoms with Crippen molar-refractivity contribution in [2.45, 2.75) is 59.4 Å². The number of aryl methyl sites for hydroxylation is 1. The Balaban J connectivity index is 2.42. The Morgan fingerprint density at radius 3 is 2.61 bits per heavy atom. The highest BCUT2D eigenvalue weighted by Gasteiger charge is 2.09. The second-order valence-electron chi connectivity index (χ2n) is 5.46. The fraction of sp³-hybridized carbons (Fsp3) is 0.647. The molecular formula is C17H29N. The minimum Gasteiger partial charge on any atom is -0.310 e. The molecule has 0 heterocycles. The second kappa shape index (κ2) is 8.31. The Morgan fingerprint density at radius 2 is 2.00 bits per heavy atom. The molecule has 1 nitrogen and oxygen atoms in total. The lowest BCUT2D eigenvalue weighted by Gasteiger charge is -2.20. The van der Waals surface area contributed by atoms with Gasteiger partial charge in [0.15, 0.2) is 0 Å². The lowest BCUT2D eigenvalue weighted by molar-refractivity contribution is 0.398. The maximum atomic E-state index is 3.69. The molecule has 0 fully saturated rings. The van der Waals surface area contributed by atoms with Crippen LogP contribution < -0.4 is 5.32 Å². The van der Waals surface area contributed by atoms with Crippen LogP contribution in [-0.2, 0) is 0 Å². The third-order valence-corrected chi connectivity index (χ3v) is 3.80. The summed E-state index contributed by atoms with van der Waals surface area (Å²) in [4.78, 5) is 0. The third-order valence-electron chi connectivity index (χ3n) is 3.80. The van der Waals surface area contributed by atoms with Crippen LogP contribution in [0, 0.1) is 12.8 Å². The van der Waals surface area contributed by atoms with Crippen molar-refractivity contribution in [3.8, 4) is 0 Å². The number of nitrogens with one attached hydrogen (secondary N) is 1. The fourth-order valence-electron chi connectivity index (χ4n) is 2.34. The molecule has 0 aliphatic carbocycles. The van der Waals surface area contributed by atoms with Gasteiger partial charge in [0.2, 0.25) is 0 Å². The molecule has 1 aromatic carbocycles. The van der Waals surface area contributed by atoms with Crippen molar-refractivity contribution in [1.29, 1.82) is 0 Å². The molecule has 0 aliphatic heterocycles. The van der Waals surface area contributed by atoms with Gasteiger partial charge in [-0.2, -0.15) is 0 Å². The normalized spacial score (nSPS) is 14.4. The topological polar surface area (TPSA) is 12.0 Å². The van der Waals surface area contributed by atoms with Gasteiger partial charge in [0.25, 0.3) is 0 Å². The summed E-state index contributed by atoms with van der Waals surface area (Å²) in [7, 11) is 0. The first-order valence-corrected chi connectivity index (χ1v) is 7.47. The first-order valence-electron chi connectivity index (χ1n) is 7.47. The van der Waals surface area contributed by atoms with E-state index < -0.39 is 0 Å². The summed E-state index contributed by atoms with van der Waals surface area (Å²) in [5.41, 5.74) is 2.75. The summed E-state index contributed by atoms with van der Waals surface area (Å²) in [5.74, 6) is 0.831. The first-order chi connectivity index (χ1) is 8.67. The fourth-order valence-corrected chi connectivity index (χ4v) is 2.34. The van der Waals surface area contributed by atoms with E-state index >= 15 is 0 Å². The molecule has 0 radical (unpaired) electrons. The van der Waals surface area contributed by atoms with Crippen molar-refractivity contribution in [2.24, 2.45) is 5.92 Å². The molecule has 0 saturated carbocycles. The number of hydrogen-bond acceptors (Lipinski definition) is 1. The molecule has 0 aliphatic rings. The van der Waals surface area contributed by atoms with Gasteiger partial charge in [-0.15, -0.1) is 0 Å². The van der Waals surface area contributed by atoms with Gasteiger partial charge in [-0.25, -0.2) is 0 Å². The molecule has 0 saturated heterocycles. The average Bonchev–Trinajstić information content (AvgIpc) is 2.38. The van der Waals surface area contributed by atoms with Gasteiger partial charge in [0.05, 0.1) is 0 Å². The summed E-state index contributed by atoms with van der Waals surface area (Å²) >= 11 is 0. The van der Waals surface area contributed by atoms with Crippen molar-refractivity contribution in [3.63, 3.8) is 0 Å². The van der Waals surface area contributed by atoms with Gasteiger partial charge in [-0.05, 0) is 38.3 Å². The first kappa shape index (κ1) is 15.2. The van der Waals surface area contributed by atoms with Gasteiger partial charge in [-0.1, -0.05) is 62.9 Å². The highest BCUT2D eigenvalue weighted by atomic mass is 14.9. The second-order valence-corrected chi connectivity index (χ2v) is 5.46. The molecule has 1 rings (SSSR count). The lowest BCUT2D eigenvalue weighted by atomic mass is 9.98. The number of unbranched alkanes of at least 4 members (excludes halogenated alkanes) is 1. The molecule has 1 heteroatoms. The van der Waals surface area contributed by atoms with E-state index in [1.54, 1.807) is 0 Å². The molecule has 1 N–H and O–H groups in total. The molecule has 1 aromatic rings. The van der Waals surface area contributed by atoms with E-state index in [1.165, 1.54) is 36.8 Å². The molecule has 1 unspecified atom stereocenters. The van der Waals surface area contributed by atoms with Crippen molar-refractivity contribution in [1.82, 2.24) is 5.32 Å². The Labute approximate surface area is 113 Å². The molecular weight excluding hydrogens is 218 g/mol. The molecule has 102 valence electrons. The number of hydrogen-bond donors (Lipinski definition) is 1. The maximum Gasteiger partial charge on any atom is 0.0292 e. The number of benzene rings is 1. The summed E-state index contributed by atoms with van der Waals surface area (Å²) in [6, 6.07) is 9.27. The van der Waals surface area contributed by atoms with E-state index in [9.17, 15) is 0 Å². The summed E-state index contributed by atoms with van der Waals surface area (Å²) < 4.78 is 0. The van der Waals surface area contributed by atoms with Gasteiger partial charge >= 0.3 is 0 Å². The molecule has 2 atom stereocenters. The Morgan fingerprint density at radius 1 is 1.22 bits per heavy atom. The Kier molecular flexibility index (Phi) is 7.04. The van der Waals surface area contributed by atoms with Crippen molar-refractivity contribution >= 4 is 0 Å². The summed E-state index contributed by atoms with van der Waals surface area (Å²) in [6.07, 6.45) is 5.32. The standard InChI is InChI=1S/C17H29N/c1-5-7-10-16(6-2)13-18-15(4)17-11-8-9-14(3)12-17/h8-9,11-12,15-16,18H,5-7,10,13H2,1-4H3/t15-,16?/m0/s1. The summed E-state index contributed by atoms with van der Waals surface area (Å²) in [6.45, 7) is 10.1. The van der Waals surface area contributed by atoms with E-state index in [1.807, 2.05) is 0 Å². The van der Waals surface area contributed by atoms with Crippen LogP contribution >= 0.6 is 0 Å². The van der Waals surface area contributed by atoms with E-state index in [2.05, 4.69) is 57.3 Å². The van der Waals surface area contributed by atoms with Crippen LogP contribution in [0.3, 0.4) is 0 Å². The van der Waals surface area contributed by atoms with Gasteiger partial charge < -0.3 is 5.32 Å². The molecule has 0 spiro atoms. The van der Waals surface area contributed by atoms with Gasteiger partial charge in [0.1, 0.15) is 0 Å². The zero-order valence-corrected chi connectivity index (χ0v) is 12.5. The van der Waals surface area contributed by atoms with Crippen molar-refractivity contribution in [2.75, 3.05) is 6.54 Å². The Bertz CT molecular complexity index is 332. The predicted octanol–water partition coefficient (Wildman–Crippen LogP) is 4.86. The van der Waals surface area contributed by atoms with Gasteiger partial charge in [-0.3, -0.25) is 0 Å². The third kappa shape index (κ3) is 5.22. The minimum atomic E-state index is 0.459.